The summed E-state index contributed by atoms with van der Waals surface area (Å²) in [7, 11) is 0. The molecule has 0 bridgehead atoms. The first-order chi connectivity index (χ1) is 14.1. The number of imidazole rings is 1. The number of benzene rings is 2. The standard InChI is InChI=1S/C21H19N5O3/c1-12(22-10-14-7-8-17-18(9-14)29-11-28-17)19-13(2)25-26(20(19)27)21-23-15-5-3-4-6-16(15)24-21/h3-9,19H,10-11H2,1-2H3,(H,23,24)/t19-/m1/s1. The van der Waals surface area contributed by atoms with Gasteiger partial charge in [0.05, 0.1) is 23.3 Å². The first-order valence-electron chi connectivity index (χ1n) is 9.33. The molecule has 29 heavy (non-hydrogen) atoms. The van der Waals surface area contributed by atoms with Crippen LogP contribution in [0.4, 0.5) is 5.95 Å². The van der Waals surface area contributed by atoms with Crippen LogP contribution in [0.2, 0.25) is 0 Å². The van der Waals surface area contributed by atoms with Gasteiger partial charge in [0.2, 0.25) is 12.7 Å². The van der Waals surface area contributed by atoms with E-state index in [0.29, 0.717) is 23.9 Å². The van der Waals surface area contributed by atoms with Gasteiger partial charge < -0.3 is 14.5 Å². The number of carbonyl (C=O) groups is 1. The molecule has 0 saturated heterocycles. The number of rotatable bonds is 4. The highest BCUT2D eigenvalue weighted by atomic mass is 16.7. The number of aromatic nitrogens is 2. The average Bonchev–Trinajstić information content (AvgIpc) is 3.42. The topological polar surface area (TPSA) is 92.2 Å². The zero-order chi connectivity index (χ0) is 20.0. The fraction of sp³-hybridized carbons (Fsp3) is 0.238. The van der Waals surface area contributed by atoms with Crippen molar-refractivity contribution < 1.29 is 14.3 Å². The first-order valence-corrected chi connectivity index (χ1v) is 9.33. The second-order valence-corrected chi connectivity index (χ2v) is 7.05. The molecule has 146 valence electrons. The van der Waals surface area contributed by atoms with Crippen LogP contribution in [-0.2, 0) is 11.3 Å². The van der Waals surface area contributed by atoms with Crippen LogP contribution in [0.3, 0.4) is 0 Å². The smallest absolute Gasteiger partial charge is 0.264 e. The van der Waals surface area contributed by atoms with Gasteiger partial charge in [0.25, 0.3) is 5.91 Å². The van der Waals surface area contributed by atoms with Crippen LogP contribution < -0.4 is 14.5 Å². The molecule has 1 N–H and O–H groups in total. The molecule has 2 aliphatic rings. The largest absolute Gasteiger partial charge is 0.454 e. The van der Waals surface area contributed by atoms with E-state index in [1.165, 1.54) is 5.01 Å². The van der Waals surface area contributed by atoms with Gasteiger partial charge in [-0.15, -0.1) is 0 Å². The Morgan fingerprint density at radius 1 is 1.24 bits per heavy atom. The number of hydrogen-bond acceptors (Lipinski definition) is 6. The highest BCUT2D eigenvalue weighted by Gasteiger charge is 2.37. The molecular formula is C21H19N5O3. The molecule has 8 heteroatoms. The Balaban J connectivity index is 1.36. The van der Waals surface area contributed by atoms with Crippen LogP contribution in [0.5, 0.6) is 11.5 Å². The summed E-state index contributed by atoms with van der Waals surface area (Å²) in [5, 5.41) is 5.76. The van der Waals surface area contributed by atoms with Crippen molar-refractivity contribution in [2.75, 3.05) is 11.8 Å². The summed E-state index contributed by atoms with van der Waals surface area (Å²) in [6.07, 6.45) is 0. The molecule has 1 amide bonds. The van der Waals surface area contributed by atoms with E-state index < -0.39 is 5.92 Å². The fourth-order valence-corrected chi connectivity index (χ4v) is 3.58. The Hall–Kier alpha value is -3.68. The highest BCUT2D eigenvalue weighted by molar-refractivity contribution is 6.27. The van der Waals surface area contributed by atoms with Gasteiger partial charge in [0.15, 0.2) is 11.5 Å². The maximum Gasteiger partial charge on any atom is 0.264 e. The van der Waals surface area contributed by atoms with E-state index in [1.807, 2.05) is 56.3 Å². The van der Waals surface area contributed by atoms with E-state index in [9.17, 15) is 4.79 Å². The SMILES string of the molecule is CC(=NCc1ccc2c(c1)OCO2)[C@H]1C(=O)N(c2nc3ccccc3[nH]2)N=C1C. The van der Waals surface area contributed by atoms with Crippen LogP contribution >= 0.6 is 0 Å². The Kier molecular flexibility index (Phi) is 4.04. The molecule has 0 fully saturated rings. The molecular weight excluding hydrogens is 370 g/mol. The van der Waals surface area contributed by atoms with Gasteiger partial charge in [-0.3, -0.25) is 9.79 Å². The molecule has 2 aliphatic heterocycles. The summed E-state index contributed by atoms with van der Waals surface area (Å²) in [6, 6.07) is 13.4. The Labute approximate surface area is 166 Å². The van der Waals surface area contributed by atoms with Crippen LogP contribution in [0.15, 0.2) is 52.6 Å². The maximum atomic E-state index is 13.0. The number of aliphatic imine (C=N–C) groups is 1. The molecule has 0 radical (unpaired) electrons. The molecule has 3 aromatic rings. The predicted molar refractivity (Wildman–Crippen MR) is 110 cm³/mol. The number of hydrogen-bond donors (Lipinski definition) is 1. The van der Waals surface area contributed by atoms with E-state index in [4.69, 9.17) is 9.47 Å². The van der Waals surface area contributed by atoms with E-state index in [-0.39, 0.29) is 12.7 Å². The number of amides is 1. The number of ether oxygens (including phenoxy) is 2. The molecule has 1 atom stereocenters. The van der Waals surface area contributed by atoms with Crippen molar-refractivity contribution in [2.45, 2.75) is 20.4 Å². The van der Waals surface area contributed by atoms with Crippen molar-refractivity contribution in [3.63, 3.8) is 0 Å². The molecule has 0 unspecified atom stereocenters. The molecule has 3 heterocycles. The Morgan fingerprint density at radius 2 is 2.07 bits per heavy atom. The third kappa shape index (κ3) is 3.02. The fourth-order valence-electron chi connectivity index (χ4n) is 3.58. The third-order valence-corrected chi connectivity index (χ3v) is 5.07. The van der Waals surface area contributed by atoms with Gasteiger partial charge in [-0.25, -0.2) is 4.98 Å². The zero-order valence-electron chi connectivity index (χ0n) is 16.0. The summed E-state index contributed by atoms with van der Waals surface area (Å²) in [6.45, 7) is 4.39. The van der Waals surface area contributed by atoms with Crippen molar-refractivity contribution in [3.8, 4) is 11.5 Å². The number of carbonyl (C=O) groups excluding carboxylic acids is 1. The number of hydrazone groups is 1. The van der Waals surface area contributed by atoms with E-state index in [0.717, 1.165) is 28.1 Å². The van der Waals surface area contributed by atoms with E-state index in [1.54, 1.807) is 0 Å². The predicted octanol–water partition coefficient (Wildman–Crippen LogP) is 3.29. The lowest BCUT2D eigenvalue weighted by Crippen LogP contribution is -2.32. The summed E-state index contributed by atoms with van der Waals surface area (Å²) in [4.78, 5) is 25.3. The average molecular weight is 389 g/mol. The minimum atomic E-state index is -0.489. The molecule has 8 nitrogen and oxygen atoms in total. The van der Waals surface area contributed by atoms with Gasteiger partial charge in [0.1, 0.15) is 5.92 Å². The lowest BCUT2D eigenvalue weighted by Gasteiger charge is -2.12. The molecule has 0 aliphatic carbocycles. The number of para-hydroxylation sites is 2. The van der Waals surface area contributed by atoms with Gasteiger partial charge in [-0.1, -0.05) is 18.2 Å². The van der Waals surface area contributed by atoms with Crippen LogP contribution in [0.1, 0.15) is 19.4 Å². The summed E-state index contributed by atoms with van der Waals surface area (Å²) in [5.74, 6) is 1.23. The van der Waals surface area contributed by atoms with E-state index in [2.05, 4.69) is 20.1 Å². The molecule has 1 aromatic heterocycles. The summed E-state index contributed by atoms with van der Waals surface area (Å²) in [5.41, 5.74) is 4.05. The lowest BCUT2D eigenvalue weighted by atomic mass is 9.99. The minimum Gasteiger partial charge on any atom is -0.454 e. The van der Waals surface area contributed by atoms with Gasteiger partial charge in [-0.05, 0) is 43.7 Å². The number of anilines is 1. The normalized spacial score (nSPS) is 18.6. The number of fused-ring (bicyclic) bond motifs is 2. The lowest BCUT2D eigenvalue weighted by molar-refractivity contribution is -0.118. The quantitative estimate of drug-likeness (QED) is 0.693. The monoisotopic (exact) mass is 389 g/mol. The summed E-state index contributed by atoms with van der Waals surface area (Å²) >= 11 is 0. The Bertz CT molecular complexity index is 1150. The van der Waals surface area contributed by atoms with Crippen LogP contribution in [-0.4, -0.2) is 34.1 Å². The van der Waals surface area contributed by atoms with Gasteiger partial charge in [0, 0.05) is 5.71 Å². The second kappa shape index (κ2) is 6.73. The summed E-state index contributed by atoms with van der Waals surface area (Å²) < 4.78 is 10.7. The Morgan fingerprint density at radius 3 is 2.93 bits per heavy atom. The van der Waals surface area contributed by atoms with Crippen molar-refractivity contribution in [2.24, 2.45) is 16.0 Å². The van der Waals surface area contributed by atoms with Crippen LogP contribution in [0, 0.1) is 5.92 Å². The van der Waals surface area contributed by atoms with Gasteiger partial charge >= 0.3 is 0 Å². The van der Waals surface area contributed by atoms with E-state index >= 15 is 0 Å². The number of H-pyrrole nitrogens is 1. The molecule has 5 rings (SSSR count). The molecule has 0 spiro atoms. The zero-order valence-corrected chi connectivity index (χ0v) is 16.0. The number of aromatic amines is 1. The van der Waals surface area contributed by atoms with Crippen molar-refractivity contribution in [1.29, 1.82) is 0 Å². The number of nitrogens with zero attached hydrogens (tertiary/aromatic N) is 4. The third-order valence-electron chi connectivity index (χ3n) is 5.07. The van der Waals surface area contributed by atoms with Crippen molar-refractivity contribution >= 4 is 34.3 Å². The maximum absolute atomic E-state index is 13.0. The van der Waals surface area contributed by atoms with Crippen molar-refractivity contribution in [1.82, 2.24) is 9.97 Å². The van der Waals surface area contributed by atoms with Crippen molar-refractivity contribution in [3.05, 3.63) is 48.0 Å². The molecule has 0 saturated carbocycles. The minimum absolute atomic E-state index is 0.159. The van der Waals surface area contributed by atoms with Gasteiger partial charge in [-0.2, -0.15) is 10.1 Å². The highest BCUT2D eigenvalue weighted by Crippen LogP contribution is 2.33. The first kappa shape index (κ1) is 17.4. The van der Waals surface area contributed by atoms with Crippen LogP contribution in [0.25, 0.3) is 11.0 Å². The number of nitrogens with one attached hydrogen (secondary N) is 1. The molecule has 2 aromatic carbocycles. The second-order valence-electron chi connectivity index (χ2n) is 7.05.